The Balaban J connectivity index is 1.86. The second-order valence-corrected chi connectivity index (χ2v) is 12.8. The summed E-state index contributed by atoms with van der Waals surface area (Å²) in [6.45, 7) is 8.12. The fraction of sp³-hybridized carbons (Fsp3) is 0.516. The van der Waals surface area contributed by atoms with Crippen molar-refractivity contribution < 1.29 is 38.4 Å². The Morgan fingerprint density at radius 1 is 1.14 bits per heavy atom. The van der Waals surface area contributed by atoms with Gasteiger partial charge in [0.05, 0.1) is 19.6 Å². The fourth-order valence-electron chi connectivity index (χ4n) is 7.02. The average molecular weight is 602 g/mol. The monoisotopic (exact) mass is 601 g/mol. The van der Waals surface area contributed by atoms with Gasteiger partial charge in [-0.2, -0.15) is 0 Å². The van der Waals surface area contributed by atoms with Crippen molar-refractivity contribution >= 4 is 34.9 Å². The number of ether oxygens (including phenoxy) is 4. The van der Waals surface area contributed by atoms with Gasteiger partial charge in [-0.15, -0.1) is 0 Å². The lowest BCUT2D eigenvalue weighted by Crippen LogP contribution is -2.80. The van der Waals surface area contributed by atoms with Crippen LogP contribution in [0, 0.1) is 11.3 Å². The van der Waals surface area contributed by atoms with E-state index in [2.05, 4.69) is 5.32 Å². The van der Waals surface area contributed by atoms with Crippen molar-refractivity contribution in [1.82, 2.24) is 9.80 Å². The number of piperidine rings is 1. The summed E-state index contributed by atoms with van der Waals surface area (Å²) < 4.78 is 23.3. The van der Waals surface area contributed by atoms with E-state index >= 15 is 0 Å². The second kappa shape index (κ2) is 11.1. The number of halogens is 1. The lowest BCUT2D eigenvalue weighted by atomic mass is 9.70. The number of amides is 1. The lowest BCUT2D eigenvalue weighted by molar-refractivity contribution is -0.170. The van der Waals surface area contributed by atoms with Gasteiger partial charge in [-0.1, -0.05) is 32.4 Å². The van der Waals surface area contributed by atoms with Gasteiger partial charge in [0.25, 0.3) is 0 Å². The number of hydrogen-bond donors (Lipinski definition) is 2. The summed E-state index contributed by atoms with van der Waals surface area (Å²) in [7, 11) is 1.54. The smallest absolute Gasteiger partial charge is 0.367 e. The number of carbonyl (C=O) groups excluding carboxylic acids is 2. The van der Waals surface area contributed by atoms with Crippen LogP contribution in [0.4, 0.5) is 5.69 Å². The molecule has 2 aromatic carbocycles. The van der Waals surface area contributed by atoms with Crippen LogP contribution in [0.2, 0.25) is 5.02 Å². The van der Waals surface area contributed by atoms with Crippen LogP contribution in [0.5, 0.6) is 17.2 Å². The molecule has 3 aliphatic rings. The topological polar surface area (TPSA) is 120 Å². The molecule has 226 valence electrons. The molecule has 4 atom stereocenters. The first kappa shape index (κ1) is 30.3. The van der Waals surface area contributed by atoms with Crippen molar-refractivity contribution in [2.45, 2.75) is 45.8 Å². The predicted octanol–water partition coefficient (Wildman–Crippen LogP) is 4.14. The van der Waals surface area contributed by atoms with E-state index in [0.29, 0.717) is 58.8 Å². The van der Waals surface area contributed by atoms with Crippen LogP contribution >= 0.6 is 11.6 Å². The molecule has 2 aromatic rings. The molecular weight excluding hydrogens is 564 g/mol. The van der Waals surface area contributed by atoms with E-state index in [1.165, 1.54) is 14.0 Å². The van der Waals surface area contributed by atoms with Crippen molar-refractivity contribution in [2.75, 3.05) is 46.6 Å². The number of Topliss-reactive ketones (excluding diaryl/α,β-unsaturated/α-hetero) is 1. The fourth-order valence-corrected chi connectivity index (χ4v) is 7.20. The minimum atomic E-state index is -1.79. The van der Waals surface area contributed by atoms with Gasteiger partial charge in [0.1, 0.15) is 30.8 Å². The Morgan fingerprint density at radius 3 is 2.50 bits per heavy atom. The standard InChI is InChI=1S/C31H37ClN2O8/c1-18(35)22-15-33-11-10-31(22,29(37)38)34(17-30(2,3)4)23-8-6-19(32)14-21(23)26(42-16-25(34)36)20-7-9-24(39-5)28-27(20)40-12-13-41-28/h6-9,14,22,26,33H,10-13,15-17H2,1-5H3/p+1/t22-,26?,31+,34+/m1/s1. The third-order valence-corrected chi connectivity index (χ3v) is 8.76. The zero-order chi connectivity index (χ0) is 30.4. The summed E-state index contributed by atoms with van der Waals surface area (Å²) in [5.41, 5.74) is -0.756. The Bertz CT molecular complexity index is 1420. The van der Waals surface area contributed by atoms with Crippen molar-refractivity contribution in [3.63, 3.8) is 0 Å². The molecule has 0 aromatic heterocycles. The Hall–Kier alpha value is -3.18. The number of quaternary nitrogens is 1. The third-order valence-electron chi connectivity index (χ3n) is 8.53. The summed E-state index contributed by atoms with van der Waals surface area (Å²) in [5.74, 6) is -1.55. The molecule has 0 bridgehead atoms. The number of hydrogen-bond acceptors (Lipinski definition) is 8. The summed E-state index contributed by atoms with van der Waals surface area (Å²) in [5, 5.41) is 14.7. The molecule has 42 heavy (non-hydrogen) atoms. The summed E-state index contributed by atoms with van der Waals surface area (Å²) in [6.07, 6.45) is -0.789. The van der Waals surface area contributed by atoms with E-state index in [-0.39, 0.29) is 25.3 Å². The van der Waals surface area contributed by atoms with Crippen molar-refractivity contribution in [3.05, 3.63) is 46.5 Å². The van der Waals surface area contributed by atoms with Gasteiger partial charge in [0.15, 0.2) is 18.1 Å². The zero-order valence-corrected chi connectivity index (χ0v) is 25.4. The number of carboxylic acids is 1. The van der Waals surface area contributed by atoms with Crippen molar-refractivity contribution in [2.24, 2.45) is 11.3 Å². The summed E-state index contributed by atoms with van der Waals surface area (Å²) in [6, 6.07) is 8.65. The van der Waals surface area contributed by atoms with E-state index in [0.717, 1.165) is 0 Å². The summed E-state index contributed by atoms with van der Waals surface area (Å²) in [4.78, 5) is 41.6. The number of aliphatic carboxylic acids is 1. The number of carboxylic acid groups (broad SMARTS) is 1. The minimum absolute atomic E-state index is 0.0655. The van der Waals surface area contributed by atoms with Gasteiger partial charge in [-0.3, -0.25) is 4.79 Å². The maximum atomic E-state index is 14.7. The highest BCUT2D eigenvalue weighted by atomic mass is 35.5. The molecule has 0 radical (unpaired) electrons. The molecule has 0 saturated carbocycles. The number of rotatable bonds is 6. The molecule has 3 heterocycles. The van der Waals surface area contributed by atoms with E-state index in [4.69, 9.17) is 30.5 Å². The van der Waals surface area contributed by atoms with Crippen LogP contribution < -0.4 is 24.0 Å². The van der Waals surface area contributed by atoms with Crippen LogP contribution in [-0.2, 0) is 19.1 Å². The predicted molar refractivity (Wildman–Crippen MR) is 156 cm³/mol. The number of nitrogens with zero attached hydrogens (tertiary/aromatic N) is 1. The first-order valence-corrected chi connectivity index (χ1v) is 14.5. The Labute approximate surface area is 250 Å². The van der Waals surface area contributed by atoms with E-state index in [1.807, 2.05) is 20.8 Å². The normalized spacial score (nSPS) is 27.5. The van der Waals surface area contributed by atoms with E-state index in [1.54, 1.807) is 30.3 Å². The largest absolute Gasteiger partial charge is 0.493 e. The second-order valence-electron chi connectivity index (χ2n) is 12.4. The number of carbonyl (C=O) groups is 3. The number of nitrogens with one attached hydrogen (secondary N) is 1. The van der Waals surface area contributed by atoms with Gasteiger partial charge in [-0.05, 0) is 31.2 Å². The zero-order valence-electron chi connectivity index (χ0n) is 24.6. The van der Waals surface area contributed by atoms with Crippen LogP contribution in [0.3, 0.4) is 0 Å². The van der Waals surface area contributed by atoms with Crippen molar-refractivity contribution in [1.29, 1.82) is 0 Å². The highest BCUT2D eigenvalue weighted by molar-refractivity contribution is 6.30. The lowest BCUT2D eigenvalue weighted by Gasteiger charge is -2.54. The van der Waals surface area contributed by atoms with E-state index < -0.39 is 45.9 Å². The number of fused-ring (bicyclic) bond motifs is 2. The molecule has 3 aliphatic heterocycles. The summed E-state index contributed by atoms with van der Waals surface area (Å²) >= 11 is 6.59. The number of benzene rings is 2. The first-order chi connectivity index (χ1) is 19.9. The third kappa shape index (κ3) is 4.74. The highest BCUT2D eigenvalue weighted by Crippen LogP contribution is 2.53. The maximum absolute atomic E-state index is 14.7. The minimum Gasteiger partial charge on any atom is -0.493 e. The van der Waals surface area contributed by atoms with Gasteiger partial charge >= 0.3 is 11.9 Å². The first-order valence-electron chi connectivity index (χ1n) is 14.1. The van der Waals surface area contributed by atoms with Gasteiger partial charge in [0.2, 0.25) is 11.3 Å². The van der Waals surface area contributed by atoms with Gasteiger partial charge in [0, 0.05) is 47.1 Å². The molecule has 2 N–H and O–H groups in total. The quantitative estimate of drug-likeness (QED) is 0.471. The molecule has 1 amide bonds. The molecule has 1 unspecified atom stereocenters. The Morgan fingerprint density at radius 2 is 1.86 bits per heavy atom. The van der Waals surface area contributed by atoms with E-state index in [9.17, 15) is 19.5 Å². The SMILES string of the molecule is COc1ccc(C2OCC(=O)[N@@+](CC(C)(C)C)([C@@]3(C(=O)O)CCNC[C@@H]3C(C)=O)c3ccc(Cl)cc32)c2c1OCCO2. The van der Waals surface area contributed by atoms with Crippen LogP contribution in [0.1, 0.15) is 51.3 Å². The van der Waals surface area contributed by atoms with Gasteiger partial charge in [-0.25, -0.2) is 14.1 Å². The molecule has 0 spiro atoms. The van der Waals surface area contributed by atoms with Crippen LogP contribution in [0.15, 0.2) is 30.3 Å². The molecule has 5 rings (SSSR count). The molecule has 1 saturated heterocycles. The molecule has 1 fully saturated rings. The van der Waals surface area contributed by atoms with Crippen LogP contribution in [-0.4, -0.2) is 74.9 Å². The molecular formula is C31H38ClN2O8+. The molecule has 11 heteroatoms. The molecule has 0 aliphatic carbocycles. The average Bonchev–Trinajstić information content (AvgIpc) is 3.06. The van der Waals surface area contributed by atoms with Crippen LogP contribution in [0.25, 0.3) is 0 Å². The van der Waals surface area contributed by atoms with Gasteiger partial charge < -0.3 is 29.4 Å². The number of ketones is 1. The maximum Gasteiger partial charge on any atom is 0.367 e. The Kier molecular flexibility index (Phi) is 8.04. The number of methoxy groups -OCH3 is 1. The molecule has 10 nitrogen and oxygen atoms in total. The van der Waals surface area contributed by atoms with Crippen molar-refractivity contribution in [3.8, 4) is 17.2 Å². The highest BCUT2D eigenvalue weighted by Gasteiger charge is 2.70.